The van der Waals surface area contributed by atoms with Crippen molar-refractivity contribution in [3.63, 3.8) is 0 Å². The molecule has 14 heavy (non-hydrogen) atoms. The van der Waals surface area contributed by atoms with Crippen molar-refractivity contribution >= 4 is 11.8 Å². The van der Waals surface area contributed by atoms with E-state index in [1.54, 1.807) is 24.9 Å². The molecule has 0 aliphatic heterocycles. The molecule has 0 amide bonds. The molecule has 1 rings (SSSR count). The molecule has 4 heteroatoms. The van der Waals surface area contributed by atoms with E-state index in [0.717, 1.165) is 28.6 Å². The molecule has 0 saturated carbocycles. The van der Waals surface area contributed by atoms with Crippen molar-refractivity contribution in [3.05, 3.63) is 23.3 Å². The first-order valence-electron chi connectivity index (χ1n) is 4.73. The third-order valence-corrected chi connectivity index (χ3v) is 2.82. The molecule has 0 bridgehead atoms. The van der Waals surface area contributed by atoms with Gasteiger partial charge in [0.25, 0.3) is 0 Å². The van der Waals surface area contributed by atoms with Crippen LogP contribution in [-0.2, 0) is 5.75 Å². The van der Waals surface area contributed by atoms with Crippen LogP contribution >= 0.6 is 11.8 Å². The summed E-state index contributed by atoms with van der Waals surface area (Å²) in [6, 6.07) is 0. The Morgan fingerprint density at radius 1 is 1.57 bits per heavy atom. The second kappa shape index (κ2) is 5.32. The highest BCUT2D eigenvalue weighted by atomic mass is 32.2. The molecule has 0 radical (unpaired) electrons. The fraction of sp³-hybridized carbons (Fsp3) is 0.600. The summed E-state index contributed by atoms with van der Waals surface area (Å²) in [4.78, 5) is 8.55. The summed E-state index contributed by atoms with van der Waals surface area (Å²) in [5.41, 5.74) is 1.69. The lowest BCUT2D eigenvalue weighted by Crippen LogP contribution is -2.02. The monoisotopic (exact) mass is 212 g/mol. The van der Waals surface area contributed by atoms with Gasteiger partial charge in [0.2, 0.25) is 0 Å². The number of nitrogens with zero attached hydrogens (tertiary/aromatic N) is 2. The van der Waals surface area contributed by atoms with Gasteiger partial charge in [-0.1, -0.05) is 6.92 Å². The van der Waals surface area contributed by atoms with Crippen molar-refractivity contribution in [1.82, 2.24) is 9.97 Å². The first kappa shape index (κ1) is 11.5. The van der Waals surface area contributed by atoms with Gasteiger partial charge < -0.3 is 5.11 Å². The van der Waals surface area contributed by atoms with Gasteiger partial charge in [0.1, 0.15) is 5.82 Å². The van der Waals surface area contributed by atoms with E-state index in [0.29, 0.717) is 0 Å². The van der Waals surface area contributed by atoms with E-state index < -0.39 is 6.10 Å². The highest BCUT2D eigenvalue weighted by molar-refractivity contribution is 7.98. The average molecular weight is 212 g/mol. The average Bonchev–Trinajstić information content (AvgIpc) is 2.14. The van der Waals surface area contributed by atoms with Crippen LogP contribution in [0, 0.1) is 6.92 Å². The lowest BCUT2D eigenvalue weighted by molar-refractivity contribution is 0.197. The molecule has 0 fully saturated rings. The Kier molecular flexibility index (Phi) is 4.35. The Labute approximate surface area is 89.0 Å². The van der Waals surface area contributed by atoms with Crippen LogP contribution in [0.25, 0.3) is 0 Å². The molecule has 1 aromatic heterocycles. The van der Waals surface area contributed by atoms with E-state index in [-0.39, 0.29) is 0 Å². The SMILES string of the molecule is CCSCc1ncc(C(C)O)c(C)n1. The van der Waals surface area contributed by atoms with Gasteiger partial charge in [-0.3, -0.25) is 0 Å². The molecular weight excluding hydrogens is 196 g/mol. The highest BCUT2D eigenvalue weighted by Crippen LogP contribution is 2.15. The smallest absolute Gasteiger partial charge is 0.138 e. The van der Waals surface area contributed by atoms with Gasteiger partial charge in [-0.15, -0.1) is 0 Å². The van der Waals surface area contributed by atoms with Gasteiger partial charge in [-0.2, -0.15) is 11.8 Å². The Hall–Kier alpha value is -0.610. The van der Waals surface area contributed by atoms with Gasteiger partial charge in [0, 0.05) is 17.5 Å². The molecule has 78 valence electrons. The Morgan fingerprint density at radius 3 is 2.79 bits per heavy atom. The summed E-state index contributed by atoms with van der Waals surface area (Å²) in [6.45, 7) is 5.75. The van der Waals surface area contributed by atoms with E-state index in [1.807, 2.05) is 6.92 Å². The van der Waals surface area contributed by atoms with Gasteiger partial charge in [-0.05, 0) is 19.6 Å². The largest absolute Gasteiger partial charge is 0.389 e. The Balaban J connectivity index is 2.78. The molecule has 3 nitrogen and oxygen atoms in total. The van der Waals surface area contributed by atoms with Crippen molar-refractivity contribution < 1.29 is 5.11 Å². The summed E-state index contributed by atoms with van der Waals surface area (Å²) >= 11 is 1.80. The quantitative estimate of drug-likeness (QED) is 0.830. The van der Waals surface area contributed by atoms with E-state index in [1.165, 1.54) is 0 Å². The first-order valence-corrected chi connectivity index (χ1v) is 5.88. The van der Waals surface area contributed by atoms with Gasteiger partial charge in [0.05, 0.1) is 11.9 Å². The first-order chi connectivity index (χ1) is 6.65. The van der Waals surface area contributed by atoms with Gasteiger partial charge in [-0.25, -0.2) is 9.97 Å². The summed E-state index contributed by atoms with van der Waals surface area (Å²) in [6.07, 6.45) is 1.24. The number of aromatic nitrogens is 2. The predicted octanol–water partition coefficient (Wildman–Crippen LogP) is 2.09. The summed E-state index contributed by atoms with van der Waals surface area (Å²) in [5.74, 6) is 2.76. The molecular formula is C10H16N2OS. The molecule has 0 saturated heterocycles. The van der Waals surface area contributed by atoms with Crippen LogP contribution in [0.1, 0.15) is 37.0 Å². The molecule has 0 spiro atoms. The molecule has 1 atom stereocenters. The zero-order chi connectivity index (χ0) is 10.6. The molecule has 0 aliphatic carbocycles. The minimum absolute atomic E-state index is 0.483. The molecule has 1 aromatic rings. The second-order valence-electron chi connectivity index (χ2n) is 3.14. The highest BCUT2D eigenvalue weighted by Gasteiger charge is 2.07. The molecule has 0 aromatic carbocycles. The second-order valence-corrected chi connectivity index (χ2v) is 4.41. The zero-order valence-electron chi connectivity index (χ0n) is 8.82. The molecule has 1 N–H and O–H groups in total. The topological polar surface area (TPSA) is 46.0 Å². The maximum absolute atomic E-state index is 9.39. The third kappa shape index (κ3) is 2.96. The number of aliphatic hydroxyl groups is 1. The number of hydrogen-bond donors (Lipinski definition) is 1. The lowest BCUT2D eigenvalue weighted by atomic mass is 10.1. The number of hydrogen-bond acceptors (Lipinski definition) is 4. The van der Waals surface area contributed by atoms with Crippen molar-refractivity contribution in [2.45, 2.75) is 32.6 Å². The number of thioether (sulfide) groups is 1. The van der Waals surface area contributed by atoms with E-state index in [2.05, 4.69) is 16.9 Å². The maximum Gasteiger partial charge on any atom is 0.138 e. The van der Waals surface area contributed by atoms with Crippen molar-refractivity contribution in [3.8, 4) is 0 Å². The normalized spacial score (nSPS) is 12.9. The van der Waals surface area contributed by atoms with Crippen LogP contribution in [0.15, 0.2) is 6.20 Å². The van der Waals surface area contributed by atoms with Crippen LogP contribution < -0.4 is 0 Å². The molecule has 1 unspecified atom stereocenters. The van der Waals surface area contributed by atoms with Crippen LogP contribution in [0.4, 0.5) is 0 Å². The fourth-order valence-corrected chi connectivity index (χ4v) is 1.72. The van der Waals surface area contributed by atoms with Crippen LogP contribution in [0.3, 0.4) is 0 Å². The third-order valence-electron chi connectivity index (χ3n) is 1.95. The predicted molar refractivity (Wildman–Crippen MR) is 59.2 cm³/mol. The summed E-state index contributed by atoms with van der Waals surface area (Å²) < 4.78 is 0. The van der Waals surface area contributed by atoms with E-state index in [9.17, 15) is 5.11 Å². The Morgan fingerprint density at radius 2 is 2.29 bits per heavy atom. The van der Waals surface area contributed by atoms with Crippen molar-refractivity contribution in [1.29, 1.82) is 0 Å². The van der Waals surface area contributed by atoms with Gasteiger partial charge >= 0.3 is 0 Å². The number of rotatable bonds is 4. The Bertz CT molecular complexity index is 302. The standard InChI is InChI=1S/C10H16N2OS/c1-4-14-6-10-11-5-9(8(3)13)7(2)12-10/h5,8,13H,4,6H2,1-3H3. The summed E-state index contributed by atoms with van der Waals surface area (Å²) in [5, 5.41) is 9.39. The molecule has 1 heterocycles. The summed E-state index contributed by atoms with van der Waals surface area (Å²) in [7, 11) is 0. The van der Waals surface area contributed by atoms with Crippen LogP contribution in [-0.4, -0.2) is 20.8 Å². The van der Waals surface area contributed by atoms with Gasteiger partial charge in [0.15, 0.2) is 0 Å². The zero-order valence-corrected chi connectivity index (χ0v) is 9.64. The number of aryl methyl sites for hydroxylation is 1. The van der Waals surface area contributed by atoms with E-state index >= 15 is 0 Å². The minimum Gasteiger partial charge on any atom is -0.389 e. The van der Waals surface area contributed by atoms with Crippen molar-refractivity contribution in [2.75, 3.05) is 5.75 Å². The lowest BCUT2D eigenvalue weighted by Gasteiger charge is -2.08. The fourth-order valence-electron chi connectivity index (χ4n) is 1.20. The molecule has 0 aliphatic rings. The minimum atomic E-state index is -0.483. The van der Waals surface area contributed by atoms with Crippen molar-refractivity contribution in [2.24, 2.45) is 0 Å². The number of aliphatic hydroxyl groups excluding tert-OH is 1. The maximum atomic E-state index is 9.39. The van der Waals surface area contributed by atoms with Crippen LogP contribution in [0.5, 0.6) is 0 Å². The van der Waals surface area contributed by atoms with Crippen LogP contribution in [0.2, 0.25) is 0 Å². The van der Waals surface area contributed by atoms with E-state index in [4.69, 9.17) is 0 Å².